The van der Waals surface area contributed by atoms with Crippen LogP contribution in [0.3, 0.4) is 0 Å². The Kier molecular flexibility index (Phi) is 7.25. The minimum atomic E-state index is -0.567. The van der Waals surface area contributed by atoms with Crippen LogP contribution in [0.1, 0.15) is 18.1 Å². The lowest BCUT2D eigenvalue weighted by Crippen LogP contribution is -2.54. The molecule has 1 saturated heterocycles. The Morgan fingerprint density at radius 3 is 2.41 bits per heavy atom. The number of hydrogen-bond acceptors (Lipinski definition) is 5. The number of benzene rings is 3. The fourth-order valence-electron chi connectivity index (χ4n) is 3.39. The summed E-state index contributed by atoms with van der Waals surface area (Å²) in [6.45, 7) is 2.69. The molecule has 1 fully saturated rings. The van der Waals surface area contributed by atoms with Crippen molar-refractivity contribution < 1.29 is 19.1 Å². The fraction of sp³-hybridized carbons (Fsp3) is 0.115. The Morgan fingerprint density at radius 1 is 0.971 bits per heavy atom. The maximum absolute atomic E-state index is 13.2. The summed E-state index contributed by atoms with van der Waals surface area (Å²) in [6.07, 6.45) is 1.51. The van der Waals surface area contributed by atoms with Crippen LogP contribution in [0.4, 0.5) is 5.69 Å². The van der Waals surface area contributed by atoms with E-state index in [4.69, 9.17) is 33.3 Å². The number of amides is 2. The third-order valence-corrected chi connectivity index (χ3v) is 5.54. The first-order valence-electron chi connectivity index (χ1n) is 10.6. The van der Waals surface area contributed by atoms with E-state index in [1.54, 1.807) is 42.5 Å². The molecule has 1 aliphatic heterocycles. The topological polar surface area (TPSA) is 67.9 Å². The first kappa shape index (κ1) is 23.5. The maximum Gasteiger partial charge on any atom is 0.270 e. The summed E-state index contributed by atoms with van der Waals surface area (Å²) in [7, 11) is 0. The number of ether oxygens (including phenoxy) is 2. The highest BCUT2D eigenvalue weighted by atomic mass is 35.5. The van der Waals surface area contributed by atoms with Gasteiger partial charge in [-0.25, -0.2) is 0 Å². The molecule has 8 heteroatoms. The molecule has 3 aromatic rings. The monoisotopic (exact) mass is 492 g/mol. The molecule has 0 aromatic heterocycles. The standard InChI is InChI=1S/C26H21ClN2O4S/c1-2-32-23-15-18(8-13-22(23)33-16-17-6-4-3-5-7-17)14-21-24(30)28-26(34)29(25(21)31)20-11-9-19(27)10-12-20/h3-15H,2,16H2,1H3,(H,28,30,34)/b21-14-. The molecule has 1 N–H and O–H groups in total. The van der Waals surface area contributed by atoms with Gasteiger partial charge in [-0.1, -0.05) is 48.0 Å². The summed E-state index contributed by atoms with van der Waals surface area (Å²) in [5, 5.41) is 3.11. The number of nitrogens with zero attached hydrogens (tertiary/aromatic N) is 1. The van der Waals surface area contributed by atoms with E-state index >= 15 is 0 Å². The predicted molar refractivity (Wildman–Crippen MR) is 136 cm³/mol. The van der Waals surface area contributed by atoms with Gasteiger partial charge in [0.05, 0.1) is 12.3 Å². The first-order valence-corrected chi connectivity index (χ1v) is 11.4. The number of rotatable bonds is 7. The Hall–Kier alpha value is -3.68. The summed E-state index contributed by atoms with van der Waals surface area (Å²) in [5.41, 5.74) is 2.09. The molecular weight excluding hydrogens is 472 g/mol. The molecule has 0 atom stereocenters. The van der Waals surface area contributed by atoms with Gasteiger partial charge in [-0.05, 0) is 72.7 Å². The van der Waals surface area contributed by atoms with Crippen molar-refractivity contribution in [2.24, 2.45) is 0 Å². The van der Waals surface area contributed by atoms with Gasteiger partial charge in [-0.15, -0.1) is 0 Å². The number of nitrogens with one attached hydrogen (secondary N) is 1. The molecule has 172 valence electrons. The van der Waals surface area contributed by atoms with Crippen LogP contribution >= 0.6 is 23.8 Å². The number of hydrogen-bond donors (Lipinski definition) is 1. The van der Waals surface area contributed by atoms with Crippen molar-refractivity contribution in [3.63, 3.8) is 0 Å². The minimum Gasteiger partial charge on any atom is -0.490 e. The lowest BCUT2D eigenvalue weighted by molar-refractivity contribution is -0.122. The second kappa shape index (κ2) is 10.5. The van der Waals surface area contributed by atoms with Gasteiger partial charge in [0, 0.05) is 5.02 Å². The average Bonchev–Trinajstić information content (AvgIpc) is 2.83. The molecule has 34 heavy (non-hydrogen) atoms. The zero-order chi connectivity index (χ0) is 24.1. The van der Waals surface area contributed by atoms with Gasteiger partial charge in [-0.2, -0.15) is 0 Å². The summed E-state index contributed by atoms with van der Waals surface area (Å²) in [6, 6.07) is 21.7. The molecule has 0 unspecified atom stereocenters. The molecule has 1 heterocycles. The summed E-state index contributed by atoms with van der Waals surface area (Å²) >= 11 is 11.2. The van der Waals surface area contributed by atoms with Crippen molar-refractivity contribution in [2.75, 3.05) is 11.5 Å². The van der Waals surface area contributed by atoms with Gasteiger partial charge in [0.15, 0.2) is 16.6 Å². The lowest BCUT2D eigenvalue weighted by Gasteiger charge is -2.29. The van der Waals surface area contributed by atoms with E-state index in [9.17, 15) is 9.59 Å². The van der Waals surface area contributed by atoms with E-state index in [1.807, 2.05) is 37.3 Å². The molecule has 0 radical (unpaired) electrons. The molecule has 0 spiro atoms. The SMILES string of the molecule is CCOc1cc(/C=C2/C(=O)NC(=S)N(c3ccc(Cl)cc3)C2=O)ccc1OCc1ccccc1. The van der Waals surface area contributed by atoms with Crippen LogP contribution < -0.4 is 19.7 Å². The van der Waals surface area contributed by atoms with E-state index in [2.05, 4.69) is 5.32 Å². The van der Waals surface area contributed by atoms with Crippen molar-refractivity contribution >= 4 is 52.5 Å². The highest BCUT2D eigenvalue weighted by molar-refractivity contribution is 7.80. The van der Waals surface area contributed by atoms with E-state index in [1.165, 1.54) is 11.0 Å². The van der Waals surface area contributed by atoms with Crippen LogP contribution in [0, 0.1) is 0 Å². The molecule has 6 nitrogen and oxygen atoms in total. The summed E-state index contributed by atoms with van der Waals surface area (Å²) in [4.78, 5) is 27.1. The number of thiocarbonyl (C=S) groups is 1. The van der Waals surface area contributed by atoms with Crippen LogP contribution in [0.25, 0.3) is 6.08 Å². The number of carbonyl (C=O) groups is 2. The van der Waals surface area contributed by atoms with Crippen LogP contribution in [0.2, 0.25) is 5.02 Å². The molecule has 1 aliphatic rings. The van der Waals surface area contributed by atoms with Crippen molar-refractivity contribution in [1.29, 1.82) is 0 Å². The molecule has 4 rings (SSSR count). The van der Waals surface area contributed by atoms with Crippen LogP contribution in [0.15, 0.2) is 78.4 Å². The molecule has 0 aliphatic carbocycles. The normalized spacial score (nSPS) is 14.8. The van der Waals surface area contributed by atoms with Crippen LogP contribution in [-0.2, 0) is 16.2 Å². The van der Waals surface area contributed by atoms with Gasteiger partial charge in [0.1, 0.15) is 12.2 Å². The predicted octanol–water partition coefficient (Wildman–Crippen LogP) is 5.15. The van der Waals surface area contributed by atoms with Gasteiger partial charge in [0.25, 0.3) is 11.8 Å². The number of carbonyl (C=O) groups excluding carboxylic acids is 2. The summed E-state index contributed by atoms with van der Waals surface area (Å²) < 4.78 is 11.7. The molecule has 0 saturated carbocycles. The second-order valence-electron chi connectivity index (χ2n) is 7.35. The molecule has 3 aromatic carbocycles. The second-order valence-corrected chi connectivity index (χ2v) is 8.17. The van der Waals surface area contributed by atoms with E-state index in [0.29, 0.717) is 41.0 Å². The maximum atomic E-state index is 13.2. The summed E-state index contributed by atoms with van der Waals surface area (Å²) in [5.74, 6) is -0.0150. The Labute approximate surface area is 207 Å². The first-order chi connectivity index (χ1) is 16.5. The van der Waals surface area contributed by atoms with E-state index < -0.39 is 11.8 Å². The van der Waals surface area contributed by atoms with Gasteiger partial charge < -0.3 is 9.47 Å². The minimum absolute atomic E-state index is 0.00846. The smallest absolute Gasteiger partial charge is 0.270 e. The Balaban J connectivity index is 1.61. The fourth-order valence-corrected chi connectivity index (χ4v) is 3.79. The number of halogens is 1. The molecular formula is C26H21ClN2O4S. The van der Waals surface area contributed by atoms with Gasteiger partial charge in [0.2, 0.25) is 0 Å². The Morgan fingerprint density at radius 2 is 1.71 bits per heavy atom. The van der Waals surface area contributed by atoms with Crippen LogP contribution in [0.5, 0.6) is 11.5 Å². The van der Waals surface area contributed by atoms with Gasteiger partial charge in [-0.3, -0.25) is 19.8 Å². The van der Waals surface area contributed by atoms with E-state index in [-0.39, 0.29) is 10.7 Å². The molecule has 2 amide bonds. The van der Waals surface area contributed by atoms with Crippen LogP contribution in [-0.4, -0.2) is 23.5 Å². The quantitative estimate of drug-likeness (QED) is 0.281. The Bertz CT molecular complexity index is 1260. The zero-order valence-electron chi connectivity index (χ0n) is 18.3. The number of anilines is 1. The van der Waals surface area contributed by atoms with Crippen molar-refractivity contribution in [3.05, 3.63) is 94.5 Å². The molecule has 0 bridgehead atoms. The van der Waals surface area contributed by atoms with E-state index in [0.717, 1.165) is 5.56 Å². The van der Waals surface area contributed by atoms with Crippen molar-refractivity contribution in [1.82, 2.24) is 5.32 Å². The third kappa shape index (κ3) is 5.27. The average molecular weight is 493 g/mol. The zero-order valence-corrected chi connectivity index (χ0v) is 19.9. The largest absolute Gasteiger partial charge is 0.490 e. The van der Waals surface area contributed by atoms with Gasteiger partial charge >= 0.3 is 0 Å². The highest BCUT2D eigenvalue weighted by Crippen LogP contribution is 2.31. The van der Waals surface area contributed by atoms with Crippen molar-refractivity contribution in [3.8, 4) is 11.5 Å². The van der Waals surface area contributed by atoms with Crippen molar-refractivity contribution in [2.45, 2.75) is 13.5 Å². The third-order valence-electron chi connectivity index (χ3n) is 5.00. The lowest BCUT2D eigenvalue weighted by atomic mass is 10.1. The highest BCUT2D eigenvalue weighted by Gasteiger charge is 2.34.